The van der Waals surface area contributed by atoms with Crippen LogP contribution in [0.25, 0.3) is 11.3 Å². The first-order valence-electron chi connectivity index (χ1n) is 10.2. The molecule has 0 bridgehead atoms. The van der Waals surface area contributed by atoms with Gasteiger partial charge in [0.15, 0.2) is 5.76 Å². The number of rotatable bonds is 4. The molecule has 0 radical (unpaired) electrons. The molecular formula is C22H26ClN3O3S2. The number of hydrogen-bond acceptors (Lipinski definition) is 6. The maximum atomic E-state index is 13.7. The van der Waals surface area contributed by atoms with Crippen molar-refractivity contribution in [3.63, 3.8) is 0 Å². The average Bonchev–Trinajstić information content (AvgIpc) is 3.21. The van der Waals surface area contributed by atoms with Crippen LogP contribution in [0, 0.1) is 34.6 Å². The molecule has 31 heavy (non-hydrogen) atoms. The van der Waals surface area contributed by atoms with Gasteiger partial charge in [0.05, 0.1) is 11.3 Å². The second-order valence-electron chi connectivity index (χ2n) is 7.96. The highest BCUT2D eigenvalue weighted by atomic mass is 35.5. The minimum atomic E-state index is -3.68. The van der Waals surface area contributed by atoms with Gasteiger partial charge in [0.25, 0.3) is 0 Å². The van der Waals surface area contributed by atoms with Gasteiger partial charge in [0.1, 0.15) is 4.90 Å². The molecule has 0 amide bonds. The Morgan fingerprint density at radius 1 is 1.03 bits per heavy atom. The van der Waals surface area contributed by atoms with E-state index in [9.17, 15) is 8.42 Å². The van der Waals surface area contributed by atoms with Crippen molar-refractivity contribution >= 4 is 38.6 Å². The van der Waals surface area contributed by atoms with E-state index in [-0.39, 0.29) is 0 Å². The topological polar surface area (TPSA) is 66.7 Å². The predicted octanol–water partition coefficient (Wildman–Crippen LogP) is 5.11. The maximum Gasteiger partial charge on any atom is 0.245 e. The molecule has 3 aromatic rings. The Hall–Kier alpha value is -1.87. The smallest absolute Gasteiger partial charge is 0.245 e. The van der Waals surface area contributed by atoms with E-state index in [1.165, 1.54) is 11.3 Å². The zero-order valence-corrected chi connectivity index (χ0v) is 20.7. The van der Waals surface area contributed by atoms with Crippen LogP contribution in [0.15, 0.2) is 27.6 Å². The summed E-state index contributed by atoms with van der Waals surface area (Å²) in [5.41, 5.74) is 4.48. The number of halogens is 1. The molecule has 0 saturated carbocycles. The summed E-state index contributed by atoms with van der Waals surface area (Å²) in [7, 11) is -3.68. The summed E-state index contributed by atoms with van der Waals surface area (Å²) < 4.78 is 34.6. The Morgan fingerprint density at radius 3 is 2.32 bits per heavy atom. The Labute approximate surface area is 192 Å². The molecule has 166 valence electrons. The Bertz CT molecular complexity index is 1240. The van der Waals surface area contributed by atoms with Crippen molar-refractivity contribution in [2.45, 2.75) is 39.5 Å². The molecular weight excluding hydrogens is 454 g/mol. The Kier molecular flexibility index (Phi) is 5.93. The first kappa shape index (κ1) is 22.3. The van der Waals surface area contributed by atoms with Crippen LogP contribution in [0.5, 0.6) is 0 Å². The lowest BCUT2D eigenvalue weighted by Gasteiger charge is -2.36. The normalized spacial score (nSPS) is 15.6. The highest BCUT2D eigenvalue weighted by Crippen LogP contribution is 2.42. The zero-order chi connectivity index (χ0) is 22.5. The molecule has 1 aliphatic heterocycles. The fraction of sp³-hybridized carbons (Fsp3) is 0.409. The van der Waals surface area contributed by atoms with Crippen LogP contribution < -0.4 is 4.90 Å². The lowest BCUT2D eigenvalue weighted by Crippen LogP contribution is -2.49. The van der Waals surface area contributed by atoms with Gasteiger partial charge in [-0.3, -0.25) is 0 Å². The number of piperazine rings is 1. The lowest BCUT2D eigenvalue weighted by molar-refractivity contribution is 0.384. The molecule has 0 aliphatic carbocycles. The highest BCUT2D eigenvalue weighted by molar-refractivity contribution is 7.89. The van der Waals surface area contributed by atoms with Gasteiger partial charge in [-0.15, -0.1) is 11.3 Å². The van der Waals surface area contributed by atoms with Crippen molar-refractivity contribution in [3.8, 4) is 11.3 Å². The fourth-order valence-corrected chi connectivity index (χ4v) is 7.50. The van der Waals surface area contributed by atoms with Crippen molar-refractivity contribution in [2.24, 2.45) is 0 Å². The third kappa shape index (κ3) is 3.91. The molecule has 2 aromatic heterocycles. The van der Waals surface area contributed by atoms with E-state index < -0.39 is 10.0 Å². The lowest BCUT2D eigenvalue weighted by atomic mass is 10.1. The van der Waals surface area contributed by atoms with Crippen LogP contribution in [0.1, 0.15) is 26.6 Å². The number of anilines is 1. The summed E-state index contributed by atoms with van der Waals surface area (Å²) >= 11 is 7.66. The number of benzene rings is 1. The molecule has 0 atom stereocenters. The van der Waals surface area contributed by atoms with Crippen molar-refractivity contribution in [1.29, 1.82) is 0 Å². The third-order valence-corrected chi connectivity index (χ3v) is 9.39. The molecule has 0 spiro atoms. The number of nitrogens with zero attached hydrogens (tertiary/aromatic N) is 3. The second kappa shape index (κ2) is 8.24. The van der Waals surface area contributed by atoms with Crippen LogP contribution >= 0.6 is 22.9 Å². The van der Waals surface area contributed by atoms with Crippen LogP contribution in [-0.2, 0) is 10.0 Å². The monoisotopic (exact) mass is 479 g/mol. The SMILES string of the molecule is Cc1ccc(Cl)cc1N1CCN(S(=O)(=O)c2c(C)sc(C)c2-c2onc(C)c2C)CC1. The van der Waals surface area contributed by atoms with Gasteiger partial charge in [0, 0.05) is 52.2 Å². The minimum absolute atomic E-state index is 0.349. The number of aromatic nitrogens is 1. The van der Waals surface area contributed by atoms with Gasteiger partial charge in [-0.05, 0) is 52.3 Å². The quantitative estimate of drug-likeness (QED) is 0.520. The molecule has 1 aromatic carbocycles. The van der Waals surface area contributed by atoms with Gasteiger partial charge in [-0.2, -0.15) is 4.31 Å². The summed E-state index contributed by atoms with van der Waals surface area (Å²) in [6.07, 6.45) is 0. The predicted molar refractivity (Wildman–Crippen MR) is 126 cm³/mol. The molecule has 4 rings (SSSR count). The first-order chi connectivity index (χ1) is 14.6. The van der Waals surface area contributed by atoms with E-state index in [2.05, 4.69) is 10.1 Å². The van der Waals surface area contributed by atoms with Gasteiger partial charge >= 0.3 is 0 Å². The Morgan fingerprint density at radius 2 is 1.71 bits per heavy atom. The van der Waals surface area contributed by atoms with E-state index in [1.807, 2.05) is 52.8 Å². The second-order valence-corrected chi connectivity index (χ2v) is 11.7. The van der Waals surface area contributed by atoms with Gasteiger partial charge < -0.3 is 9.42 Å². The summed E-state index contributed by atoms with van der Waals surface area (Å²) in [4.78, 5) is 4.24. The van der Waals surface area contributed by atoms with Gasteiger partial charge in [-0.1, -0.05) is 22.8 Å². The van der Waals surface area contributed by atoms with Crippen molar-refractivity contribution in [3.05, 3.63) is 49.8 Å². The van der Waals surface area contributed by atoms with Crippen molar-refractivity contribution in [1.82, 2.24) is 9.46 Å². The van der Waals surface area contributed by atoms with Gasteiger partial charge in [-0.25, -0.2) is 8.42 Å². The van der Waals surface area contributed by atoms with Crippen molar-refractivity contribution in [2.75, 3.05) is 31.1 Å². The van der Waals surface area contributed by atoms with E-state index in [0.717, 1.165) is 32.3 Å². The molecule has 1 aliphatic rings. The highest BCUT2D eigenvalue weighted by Gasteiger charge is 2.35. The maximum absolute atomic E-state index is 13.7. The summed E-state index contributed by atoms with van der Waals surface area (Å²) in [5.74, 6) is 0.547. The van der Waals surface area contributed by atoms with E-state index in [4.69, 9.17) is 16.1 Å². The molecule has 6 nitrogen and oxygen atoms in total. The molecule has 9 heteroatoms. The van der Waals surface area contributed by atoms with Crippen LogP contribution in [0.3, 0.4) is 0 Å². The van der Waals surface area contributed by atoms with Crippen LogP contribution in [-0.4, -0.2) is 44.1 Å². The number of hydrogen-bond donors (Lipinski definition) is 0. The van der Waals surface area contributed by atoms with Crippen molar-refractivity contribution < 1.29 is 12.9 Å². The largest absolute Gasteiger partial charge is 0.369 e. The molecule has 0 N–H and O–H groups in total. The van der Waals surface area contributed by atoms with Gasteiger partial charge in [0.2, 0.25) is 10.0 Å². The molecule has 1 fully saturated rings. The third-order valence-electron chi connectivity index (χ3n) is 5.94. The summed E-state index contributed by atoms with van der Waals surface area (Å²) in [5, 5.41) is 4.72. The van der Waals surface area contributed by atoms with Crippen LogP contribution in [0.4, 0.5) is 5.69 Å². The van der Waals surface area contributed by atoms with E-state index in [1.54, 1.807) is 4.31 Å². The Balaban J connectivity index is 1.65. The van der Waals surface area contributed by atoms with E-state index in [0.29, 0.717) is 47.4 Å². The zero-order valence-electron chi connectivity index (χ0n) is 18.3. The van der Waals surface area contributed by atoms with E-state index >= 15 is 0 Å². The average molecular weight is 480 g/mol. The molecule has 1 saturated heterocycles. The minimum Gasteiger partial charge on any atom is -0.369 e. The first-order valence-corrected chi connectivity index (χ1v) is 12.8. The molecule has 3 heterocycles. The number of sulfonamides is 1. The number of aryl methyl sites for hydroxylation is 4. The molecule has 0 unspecified atom stereocenters. The number of thiophene rings is 1. The van der Waals surface area contributed by atoms with Crippen LogP contribution in [0.2, 0.25) is 5.02 Å². The fourth-order valence-electron chi connectivity index (χ4n) is 4.11. The summed E-state index contributed by atoms with van der Waals surface area (Å²) in [6, 6.07) is 5.81. The summed E-state index contributed by atoms with van der Waals surface area (Å²) in [6.45, 7) is 11.7. The standard InChI is InChI=1S/C22H26ClN3O3S2/c1-13-6-7-18(23)12-19(13)25-8-10-26(11-9-25)31(27,28)22-17(5)30-16(4)20(22)21-14(2)15(3)24-29-21/h6-7,12H,8-11H2,1-5H3.